The van der Waals surface area contributed by atoms with Gasteiger partial charge in [-0.2, -0.15) is 13.2 Å². The third kappa shape index (κ3) is 3.20. The molecule has 0 saturated carbocycles. The molecule has 0 saturated heterocycles. The first kappa shape index (κ1) is 15.0. The van der Waals surface area contributed by atoms with Crippen molar-refractivity contribution in [1.29, 1.82) is 0 Å². The number of nitrogens with zero attached hydrogens (tertiary/aromatic N) is 1. The van der Waals surface area contributed by atoms with Crippen LogP contribution in [0.2, 0.25) is 0 Å². The van der Waals surface area contributed by atoms with Crippen LogP contribution in [0.25, 0.3) is 0 Å². The molecule has 1 heterocycles. The van der Waals surface area contributed by atoms with Crippen molar-refractivity contribution in [3.8, 4) is 0 Å². The molecule has 0 aromatic heterocycles. The fourth-order valence-corrected chi connectivity index (χ4v) is 2.17. The van der Waals surface area contributed by atoms with Crippen LogP contribution in [0, 0.1) is 5.82 Å². The van der Waals surface area contributed by atoms with Gasteiger partial charge in [-0.15, -0.1) is 0 Å². The Labute approximate surface area is 121 Å². The lowest BCUT2D eigenvalue weighted by atomic mass is 10.1. The van der Waals surface area contributed by atoms with Crippen LogP contribution in [0.5, 0.6) is 0 Å². The van der Waals surface area contributed by atoms with E-state index in [1.807, 2.05) is 0 Å². The highest BCUT2D eigenvalue weighted by molar-refractivity contribution is 9.10. The molecule has 1 aromatic rings. The Balaban J connectivity index is 2.12. The Bertz CT molecular complexity index is 568. The minimum Gasteiger partial charge on any atom is -0.335 e. The van der Waals surface area contributed by atoms with Crippen LogP contribution >= 0.6 is 15.9 Å². The van der Waals surface area contributed by atoms with E-state index in [-0.39, 0.29) is 29.5 Å². The summed E-state index contributed by atoms with van der Waals surface area (Å²) in [7, 11) is 0. The van der Waals surface area contributed by atoms with E-state index in [0.717, 1.165) is 12.1 Å². The molecule has 0 aliphatic carbocycles. The molecule has 0 fully saturated rings. The molecule has 1 amide bonds. The quantitative estimate of drug-likeness (QED) is 0.554. The number of hydrogen-bond acceptors (Lipinski definition) is 1. The monoisotopic (exact) mass is 351 g/mol. The van der Waals surface area contributed by atoms with Gasteiger partial charge in [-0.25, -0.2) is 4.39 Å². The lowest BCUT2D eigenvalue weighted by molar-refractivity contribution is -0.0957. The summed E-state index contributed by atoms with van der Waals surface area (Å²) < 4.78 is 51.0. The topological polar surface area (TPSA) is 20.3 Å². The standard InChI is InChI=1S/C13H10BrF4NO/c14-10-2-1-8(7-11(10)15)12(20)19-5-3-9(4-6-19)13(16,17)18/h1-3,7H,4-6H2. The van der Waals surface area contributed by atoms with E-state index < -0.39 is 23.5 Å². The van der Waals surface area contributed by atoms with Crippen molar-refractivity contribution < 1.29 is 22.4 Å². The van der Waals surface area contributed by atoms with E-state index in [9.17, 15) is 22.4 Å². The zero-order valence-corrected chi connectivity index (χ0v) is 11.8. The smallest absolute Gasteiger partial charge is 0.335 e. The molecule has 0 unspecified atom stereocenters. The lowest BCUT2D eigenvalue weighted by Crippen LogP contribution is -2.36. The van der Waals surface area contributed by atoms with Crippen molar-refractivity contribution in [3.63, 3.8) is 0 Å². The summed E-state index contributed by atoms with van der Waals surface area (Å²) in [5.41, 5.74) is -0.502. The summed E-state index contributed by atoms with van der Waals surface area (Å²) in [5.74, 6) is -1.06. The molecule has 0 N–H and O–H groups in total. The van der Waals surface area contributed by atoms with Crippen LogP contribution < -0.4 is 0 Å². The maximum absolute atomic E-state index is 13.3. The Hall–Kier alpha value is -1.37. The number of benzene rings is 1. The number of alkyl halides is 3. The van der Waals surface area contributed by atoms with Gasteiger partial charge < -0.3 is 4.90 Å². The van der Waals surface area contributed by atoms with Crippen molar-refractivity contribution in [2.24, 2.45) is 0 Å². The molecule has 0 spiro atoms. The van der Waals surface area contributed by atoms with Gasteiger partial charge in [0.2, 0.25) is 0 Å². The average Bonchev–Trinajstić information content (AvgIpc) is 2.40. The maximum Gasteiger partial charge on any atom is 0.412 e. The van der Waals surface area contributed by atoms with Crippen molar-refractivity contribution in [2.75, 3.05) is 13.1 Å². The zero-order chi connectivity index (χ0) is 14.9. The maximum atomic E-state index is 13.3. The Morgan fingerprint density at radius 2 is 2.00 bits per heavy atom. The normalized spacial score (nSPS) is 16.1. The van der Waals surface area contributed by atoms with Crippen LogP contribution in [0.15, 0.2) is 34.3 Å². The summed E-state index contributed by atoms with van der Waals surface area (Å²) in [6.07, 6.45) is -3.59. The molecule has 2 nitrogen and oxygen atoms in total. The molecule has 20 heavy (non-hydrogen) atoms. The number of carbonyl (C=O) groups is 1. The van der Waals surface area contributed by atoms with Gasteiger partial charge in [-0.1, -0.05) is 6.08 Å². The first-order valence-electron chi connectivity index (χ1n) is 5.79. The minimum atomic E-state index is -4.35. The van der Waals surface area contributed by atoms with Gasteiger partial charge in [0.25, 0.3) is 5.91 Å². The summed E-state index contributed by atoms with van der Waals surface area (Å²) in [6, 6.07) is 3.89. The first-order valence-corrected chi connectivity index (χ1v) is 6.59. The van der Waals surface area contributed by atoms with Crippen molar-refractivity contribution in [1.82, 2.24) is 4.90 Å². The fraction of sp³-hybridized carbons (Fsp3) is 0.308. The van der Waals surface area contributed by atoms with Crippen molar-refractivity contribution in [2.45, 2.75) is 12.6 Å². The van der Waals surface area contributed by atoms with Crippen LogP contribution in [0.4, 0.5) is 17.6 Å². The third-order valence-corrected chi connectivity index (χ3v) is 3.67. The van der Waals surface area contributed by atoms with Gasteiger partial charge in [-0.05, 0) is 40.5 Å². The predicted molar refractivity (Wildman–Crippen MR) is 68.8 cm³/mol. The van der Waals surface area contributed by atoms with Crippen LogP contribution in [0.1, 0.15) is 16.8 Å². The average molecular weight is 352 g/mol. The van der Waals surface area contributed by atoms with Gasteiger partial charge in [-0.3, -0.25) is 4.79 Å². The van der Waals surface area contributed by atoms with Crippen molar-refractivity contribution in [3.05, 3.63) is 45.7 Å². The summed E-state index contributed by atoms with van der Waals surface area (Å²) in [5, 5.41) is 0. The van der Waals surface area contributed by atoms with E-state index in [4.69, 9.17) is 0 Å². The van der Waals surface area contributed by atoms with E-state index in [0.29, 0.717) is 0 Å². The number of halogens is 5. The molecule has 1 aromatic carbocycles. The molecular weight excluding hydrogens is 342 g/mol. The third-order valence-electron chi connectivity index (χ3n) is 3.03. The summed E-state index contributed by atoms with van der Waals surface area (Å²) in [4.78, 5) is 13.3. The summed E-state index contributed by atoms with van der Waals surface area (Å²) >= 11 is 2.97. The zero-order valence-electron chi connectivity index (χ0n) is 10.2. The first-order chi connectivity index (χ1) is 9.29. The van der Waals surface area contributed by atoms with E-state index in [1.54, 1.807) is 0 Å². The van der Waals surface area contributed by atoms with Crippen LogP contribution in [0.3, 0.4) is 0 Å². The highest BCUT2D eigenvalue weighted by Gasteiger charge is 2.35. The minimum absolute atomic E-state index is 0.0259. The fourth-order valence-electron chi connectivity index (χ4n) is 1.92. The van der Waals surface area contributed by atoms with E-state index in [2.05, 4.69) is 15.9 Å². The Kier molecular flexibility index (Phi) is 4.17. The molecule has 0 radical (unpaired) electrons. The second kappa shape index (κ2) is 5.55. The molecule has 0 bridgehead atoms. The number of amides is 1. The number of rotatable bonds is 1. The van der Waals surface area contributed by atoms with Gasteiger partial charge in [0.1, 0.15) is 5.82 Å². The molecule has 2 rings (SSSR count). The van der Waals surface area contributed by atoms with E-state index >= 15 is 0 Å². The van der Waals surface area contributed by atoms with Crippen LogP contribution in [-0.2, 0) is 0 Å². The second-order valence-corrected chi connectivity index (χ2v) is 5.21. The summed E-state index contributed by atoms with van der Waals surface area (Å²) in [6.45, 7) is -0.146. The molecule has 7 heteroatoms. The Morgan fingerprint density at radius 3 is 2.50 bits per heavy atom. The number of hydrogen-bond donors (Lipinski definition) is 0. The SMILES string of the molecule is O=C(c1ccc(Br)c(F)c1)N1CC=C(C(F)(F)F)CC1. The molecule has 1 aliphatic heterocycles. The molecule has 108 valence electrons. The van der Waals surface area contributed by atoms with Gasteiger partial charge in [0.15, 0.2) is 0 Å². The highest BCUT2D eigenvalue weighted by atomic mass is 79.9. The highest BCUT2D eigenvalue weighted by Crippen LogP contribution is 2.30. The van der Waals surface area contributed by atoms with Gasteiger partial charge >= 0.3 is 6.18 Å². The van der Waals surface area contributed by atoms with Crippen LogP contribution in [-0.4, -0.2) is 30.1 Å². The molecule has 1 aliphatic rings. The van der Waals surface area contributed by atoms with Gasteiger partial charge in [0.05, 0.1) is 4.47 Å². The number of carbonyl (C=O) groups excluding carboxylic acids is 1. The second-order valence-electron chi connectivity index (χ2n) is 4.36. The molecule has 0 atom stereocenters. The largest absolute Gasteiger partial charge is 0.412 e. The predicted octanol–water partition coefficient (Wildman–Crippen LogP) is 3.92. The van der Waals surface area contributed by atoms with Gasteiger partial charge in [0, 0.05) is 24.2 Å². The Morgan fingerprint density at radius 1 is 1.30 bits per heavy atom. The molecular formula is C13H10BrF4NO. The van der Waals surface area contributed by atoms with Crippen molar-refractivity contribution >= 4 is 21.8 Å². The lowest BCUT2D eigenvalue weighted by Gasteiger charge is -2.27. The van der Waals surface area contributed by atoms with E-state index in [1.165, 1.54) is 17.0 Å².